The fourth-order valence-corrected chi connectivity index (χ4v) is 5.36. The molecule has 0 spiro atoms. The van der Waals surface area contributed by atoms with Crippen molar-refractivity contribution in [2.75, 3.05) is 26.2 Å². The van der Waals surface area contributed by atoms with Crippen molar-refractivity contribution in [3.8, 4) is 0 Å². The molecule has 1 N–H and O–H groups in total. The number of sulfonamides is 1. The molecule has 1 aromatic heterocycles. The van der Waals surface area contributed by atoms with E-state index in [4.69, 9.17) is 5.11 Å². The van der Waals surface area contributed by atoms with Crippen LogP contribution in [-0.2, 0) is 10.0 Å². The number of likely N-dealkylation sites (tertiary alicyclic amines) is 1. The molecule has 1 amide bonds. The van der Waals surface area contributed by atoms with Gasteiger partial charge in [-0.3, -0.25) is 9.78 Å². The van der Waals surface area contributed by atoms with Crippen LogP contribution in [0.2, 0.25) is 0 Å². The van der Waals surface area contributed by atoms with E-state index in [-0.39, 0.29) is 17.0 Å². The van der Waals surface area contributed by atoms with E-state index in [1.807, 2.05) is 0 Å². The first kappa shape index (κ1) is 17.8. The van der Waals surface area contributed by atoms with Gasteiger partial charge in [-0.1, -0.05) is 0 Å². The molecule has 0 atom stereocenters. The molecule has 1 aromatic rings. The number of pyridine rings is 1. The number of aromatic nitrogens is 1. The van der Waals surface area contributed by atoms with Crippen LogP contribution < -0.4 is 0 Å². The summed E-state index contributed by atoms with van der Waals surface area (Å²) in [6.07, 6.45) is 5.13. The third kappa shape index (κ3) is 3.67. The minimum atomic E-state index is -3.29. The minimum Gasteiger partial charge on any atom is -0.478 e. The second-order valence-electron chi connectivity index (χ2n) is 6.41. The Morgan fingerprint density at radius 2 is 1.64 bits per heavy atom. The molecule has 9 heteroatoms. The highest BCUT2D eigenvalue weighted by Gasteiger charge is 2.36. The van der Waals surface area contributed by atoms with Crippen LogP contribution in [-0.4, -0.2) is 71.0 Å². The third-order valence-electron chi connectivity index (χ3n) is 4.81. The van der Waals surface area contributed by atoms with Crippen LogP contribution in [0.25, 0.3) is 0 Å². The van der Waals surface area contributed by atoms with Crippen molar-refractivity contribution in [2.24, 2.45) is 0 Å². The van der Waals surface area contributed by atoms with Gasteiger partial charge < -0.3 is 10.0 Å². The molecule has 2 saturated heterocycles. The summed E-state index contributed by atoms with van der Waals surface area (Å²) < 4.78 is 26.8. The van der Waals surface area contributed by atoms with E-state index < -0.39 is 21.2 Å². The van der Waals surface area contributed by atoms with E-state index >= 15 is 0 Å². The highest BCUT2D eigenvalue weighted by Crippen LogP contribution is 2.25. The summed E-state index contributed by atoms with van der Waals surface area (Å²) in [5.74, 6) is -1.45. The van der Waals surface area contributed by atoms with Crippen LogP contribution in [0, 0.1) is 0 Å². The van der Waals surface area contributed by atoms with Gasteiger partial charge in [0.25, 0.3) is 5.91 Å². The highest BCUT2D eigenvalue weighted by molar-refractivity contribution is 7.89. The van der Waals surface area contributed by atoms with Gasteiger partial charge in [-0.05, 0) is 31.7 Å². The summed E-state index contributed by atoms with van der Waals surface area (Å²) in [7, 11) is -3.29. The second kappa shape index (κ2) is 7.09. The zero-order valence-electron chi connectivity index (χ0n) is 13.8. The highest BCUT2D eigenvalue weighted by atomic mass is 32.2. The first-order valence-electron chi connectivity index (χ1n) is 8.36. The summed E-state index contributed by atoms with van der Waals surface area (Å²) >= 11 is 0. The summed E-state index contributed by atoms with van der Waals surface area (Å²) in [4.78, 5) is 28.9. The zero-order valence-corrected chi connectivity index (χ0v) is 14.6. The van der Waals surface area contributed by atoms with Crippen LogP contribution in [0.15, 0.2) is 18.5 Å². The molecule has 0 aliphatic carbocycles. The van der Waals surface area contributed by atoms with Crippen LogP contribution in [0.4, 0.5) is 0 Å². The molecule has 0 unspecified atom stereocenters. The maximum atomic E-state index is 12.6. The molecule has 25 heavy (non-hydrogen) atoms. The number of piperidine rings is 1. The second-order valence-corrected chi connectivity index (χ2v) is 8.62. The number of carboxylic acids is 1. The normalized spacial score (nSPS) is 19.9. The van der Waals surface area contributed by atoms with Gasteiger partial charge in [-0.15, -0.1) is 0 Å². The predicted molar refractivity (Wildman–Crippen MR) is 89.8 cm³/mol. The van der Waals surface area contributed by atoms with Crippen molar-refractivity contribution in [1.29, 1.82) is 0 Å². The number of carboxylic acid groups (broad SMARTS) is 1. The van der Waals surface area contributed by atoms with E-state index in [0.29, 0.717) is 39.0 Å². The molecule has 136 valence electrons. The first-order valence-corrected chi connectivity index (χ1v) is 9.86. The Bertz CT molecular complexity index is 766. The van der Waals surface area contributed by atoms with Crippen molar-refractivity contribution < 1.29 is 23.1 Å². The lowest BCUT2D eigenvalue weighted by atomic mass is 10.1. The molecular weight excluding hydrogens is 346 g/mol. The molecule has 2 fully saturated rings. The van der Waals surface area contributed by atoms with E-state index in [0.717, 1.165) is 12.8 Å². The molecule has 2 aliphatic heterocycles. The number of hydrogen-bond acceptors (Lipinski definition) is 5. The van der Waals surface area contributed by atoms with E-state index in [1.165, 1.54) is 18.5 Å². The summed E-state index contributed by atoms with van der Waals surface area (Å²) in [6, 6.07) is 1.30. The smallest absolute Gasteiger partial charge is 0.337 e. The van der Waals surface area contributed by atoms with Crippen LogP contribution in [0.1, 0.15) is 46.4 Å². The van der Waals surface area contributed by atoms with E-state index in [1.54, 1.807) is 9.21 Å². The third-order valence-corrected chi connectivity index (χ3v) is 7.21. The Morgan fingerprint density at radius 1 is 1.04 bits per heavy atom. The number of amides is 1. The lowest BCUT2D eigenvalue weighted by Gasteiger charge is -2.33. The van der Waals surface area contributed by atoms with Gasteiger partial charge in [0, 0.05) is 38.6 Å². The number of rotatable bonds is 4. The first-order chi connectivity index (χ1) is 11.9. The van der Waals surface area contributed by atoms with Crippen LogP contribution in [0.3, 0.4) is 0 Å². The van der Waals surface area contributed by atoms with E-state index in [2.05, 4.69) is 4.98 Å². The average Bonchev–Trinajstić information content (AvgIpc) is 3.17. The molecule has 0 radical (unpaired) electrons. The van der Waals surface area contributed by atoms with E-state index in [9.17, 15) is 18.0 Å². The Hall–Kier alpha value is -2.00. The Morgan fingerprint density at radius 3 is 2.24 bits per heavy atom. The Balaban J connectivity index is 1.65. The molecule has 0 aromatic carbocycles. The standard InChI is InChI=1S/C16H21N3O5S/c20-15(12-9-13(16(21)22)11-17-10-12)18-7-3-14(4-8-18)25(23,24)19-5-1-2-6-19/h9-11,14H,1-8H2,(H,21,22). The predicted octanol–water partition coefficient (Wildman–Crippen LogP) is 0.810. The topological polar surface area (TPSA) is 108 Å². The van der Waals surface area contributed by atoms with Crippen molar-refractivity contribution in [3.05, 3.63) is 29.6 Å². The maximum absolute atomic E-state index is 12.6. The molecular formula is C16H21N3O5S. The molecule has 0 saturated carbocycles. The lowest BCUT2D eigenvalue weighted by molar-refractivity contribution is 0.0696. The lowest BCUT2D eigenvalue weighted by Crippen LogP contribution is -2.46. The molecule has 3 rings (SSSR count). The summed E-state index contributed by atoms with van der Waals surface area (Å²) in [5, 5.41) is 8.55. The number of aromatic carboxylic acids is 1. The molecule has 0 bridgehead atoms. The minimum absolute atomic E-state index is 0.0441. The average molecular weight is 367 g/mol. The van der Waals surface area contributed by atoms with Crippen molar-refractivity contribution in [1.82, 2.24) is 14.2 Å². The SMILES string of the molecule is O=C(O)c1cncc(C(=O)N2CCC(S(=O)(=O)N3CCCC3)CC2)c1. The molecule has 2 aliphatic rings. The molecule has 3 heterocycles. The maximum Gasteiger partial charge on any atom is 0.337 e. The quantitative estimate of drug-likeness (QED) is 0.844. The number of carbonyl (C=O) groups is 2. The Kier molecular flexibility index (Phi) is 5.05. The monoisotopic (exact) mass is 367 g/mol. The van der Waals surface area contributed by atoms with Gasteiger partial charge in [0.05, 0.1) is 16.4 Å². The fraction of sp³-hybridized carbons (Fsp3) is 0.562. The van der Waals surface area contributed by atoms with Crippen molar-refractivity contribution in [2.45, 2.75) is 30.9 Å². The number of hydrogen-bond donors (Lipinski definition) is 1. The summed E-state index contributed by atoms with van der Waals surface area (Å²) in [5.41, 5.74) is 0.165. The van der Waals surface area contributed by atoms with Crippen LogP contribution >= 0.6 is 0 Å². The van der Waals surface area contributed by atoms with Crippen molar-refractivity contribution in [3.63, 3.8) is 0 Å². The number of carbonyl (C=O) groups excluding carboxylic acids is 1. The van der Waals surface area contributed by atoms with Gasteiger partial charge in [-0.2, -0.15) is 0 Å². The van der Waals surface area contributed by atoms with Crippen molar-refractivity contribution >= 4 is 21.9 Å². The van der Waals surface area contributed by atoms with Crippen LogP contribution in [0.5, 0.6) is 0 Å². The van der Waals surface area contributed by atoms with Gasteiger partial charge in [-0.25, -0.2) is 17.5 Å². The molecule has 8 nitrogen and oxygen atoms in total. The Labute approximate surface area is 146 Å². The van der Waals surface area contributed by atoms with Gasteiger partial charge >= 0.3 is 5.97 Å². The summed E-state index contributed by atoms with van der Waals surface area (Å²) in [6.45, 7) is 1.87. The van der Waals surface area contributed by atoms with Gasteiger partial charge in [0.1, 0.15) is 0 Å². The van der Waals surface area contributed by atoms with Gasteiger partial charge in [0.2, 0.25) is 10.0 Å². The zero-order chi connectivity index (χ0) is 18.0. The fourth-order valence-electron chi connectivity index (χ4n) is 3.37. The largest absolute Gasteiger partial charge is 0.478 e. The number of nitrogens with zero attached hydrogens (tertiary/aromatic N) is 3. The van der Waals surface area contributed by atoms with Gasteiger partial charge in [0.15, 0.2) is 0 Å².